The average Bonchev–Trinajstić information content (AvgIpc) is 3.28. The highest BCUT2D eigenvalue weighted by molar-refractivity contribution is 6.13. The van der Waals surface area contributed by atoms with Crippen molar-refractivity contribution in [3.05, 3.63) is 204 Å². The van der Waals surface area contributed by atoms with Crippen molar-refractivity contribution in [3.63, 3.8) is 0 Å². The minimum absolute atomic E-state index is 0.628. The lowest BCUT2D eigenvalue weighted by Gasteiger charge is -2.15. The topological polar surface area (TPSA) is 37.1 Å². The van der Waals surface area contributed by atoms with E-state index in [0.717, 1.165) is 58.5 Å². The molecule has 7 aromatic rings. The molecule has 54 heavy (non-hydrogen) atoms. The fourth-order valence-corrected chi connectivity index (χ4v) is 7.83. The van der Waals surface area contributed by atoms with E-state index in [-0.39, 0.29) is 0 Å². The van der Waals surface area contributed by atoms with Crippen molar-refractivity contribution < 1.29 is 0 Å². The van der Waals surface area contributed by atoms with E-state index in [1.54, 1.807) is 0 Å². The summed E-state index contributed by atoms with van der Waals surface area (Å²) in [6.07, 6.45) is 4.84. The minimum atomic E-state index is 0.628. The second-order valence-corrected chi connectivity index (χ2v) is 14.0. The van der Waals surface area contributed by atoms with E-state index in [2.05, 4.69) is 152 Å². The lowest BCUT2D eigenvalue weighted by molar-refractivity contribution is 1.03. The number of benzene rings is 7. The van der Waals surface area contributed by atoms with Gasteiger partial charge in [-0.15, -0.1) is 0 Å². The highest BCUT2D eigenvalue weighted by Crippen LogP contribution is 2.43. The number of rotatable bonds is 5. The molecule has 0 radical (unpaired) electrons. The Balaban J connectivity index is 1.09. The first kappa shape index (κ1) is 33.1. The molecule has 0 amide bonds. The van der Waals surface area contributed by atoms with Crippen LogP contribution in [0.2, 0.25) is 0 Å². The Morgan fingerprint density at radius 2 is 1.07 bits per heavy atom. The summed E-state index contributed by atoms with van der Waals surface area (Å²) < 4.78 is 0. The number of nitrogens with zero attached hydrogens (tertiary/aromatic N) is 3. The second kappa shape index (κ2) is 14.4. The molecule has 0 aromatic heterocycles. The van der Waals surface area contributed by atoms with Gasteiger partial charge in [0.05, 0.1) is 11.4 Å². The number of hydrogen-bond acceptors (Lipinski definition) is 2. The third kappa shape index (κ3) is 6.35. The van der Waals surface area contributed by atoms with Crippen LogP contribution in [0, 0.1) is 0 Å². The van der Waals surface area contributed by atoms with Crippen LogP contribution < -0.4 is 0 Å². The largest absolute Gasteiger partial charge is 0.260 e. The van der Waals surface area contributed by atoms with Crippen molar-refractivity contribution in [1.29, 1.82) is 0 Å². The molecular formula is C51H39N3. The van der Waals surface area contributed by atoms with Gasteiger partial charge in [-0.05, 0) is 99.0 Å². The van der Waals surface area contributed by atoms with Gasteiger partial charge >= 0.3 is 0 Å². The molecule has 0 atom stereocenters. The summed E-state index contributed by atoms with van der Waals surface area (Å²) in [5.41, 5.74) is 19.2. The van der Waals surface area contributed by atoms with Gasteiger partial charge in [0.1, 0.15) is 0 Å². The first-order valence-electron chi connectivity index (χ1n) is 18.6. The molecule has 0 fully saturated rings. The molecule has 0 unspecified atom stereocenters. The standard InChI is InChI=1S/C51H39N3/c1-34(36-25-27-37(28-26-36)45-24-12-17-38-18-13-31-52-50(38)45)53-51(39-14-4-3-5-15-39)54-35(2)40-29-30-44-42(32-40)33-41-16-6-7-19-43(41)46-20-8-10-22-48(46)49-23-11-9-21-47(44)49/h3-12,14-17,19-32H,2,13,18,33H2,1H3/b53-34+,54-51-. The van der Waals surface area contributed by atoms with Crippen molar-refractivity contribution in [3.8, 4) is 44.5 Å². The molecule has 1 aliphatic carbocycles. The zero-order chi connectivity index (χ0) is 36.4. The van der Waals surface area contributed by atoms with Crippen molar-refractivity contribution in [2.24, 2.45) is 15.0 Å². The van der Waals surface area contributed by atoms with Crippen LogP contribution >= 0.6 is 0 Å². The van der Waals surface area contributed by atoms with Gasteiger partial charge in [-0.3, -0.25) is 4.99 Å². The molecule has 258 valence electrons. The molecule has 0 saturated carbocycles. The predicted molar refractivity (Wildman–Crippen MR) is 228 cm³/mol. The zero-order valence-corrected chi connectivity index (χ0v) is 30.3. The van der Waals surface area contributed by atoms with Crippen LogP contribution in [0.3, 0.4) is 0 Å². The fourth-order valence-electron chi connectivity index (χ4n) is 7.83. The van der Waals surface area contributed by atoms with Gasteiger partial charge in [0.2, 0.25) is 0 Å². The van der Waals surface area contributed by atoms with Gasteiger partial charge in [-0.25, -0.2) is 9.98 Å². The first-order chi connectivity index (χ1) is 26.6. The van der Waals surface area contributed by atoms with Crippen molar-refractivity contribution >= 4 is 29.1 Å². The molecule has 9 rings (SSSR count). The number of fused-ring (bicyclic) bond motifs is 8. The first-order valence-corrected chi connectivity index (χ1v) is 18.6. The summed E-state index contributed by atoms with van der Waals surface area (Å²) in [6, 6.07) is 58.3. The third-order valence-corrected chi connectivity index (χ3v) is 10.6. The molecule has 0 N–H and O–H groups in total. The summed E-state index contributed by atoms with van der Waals surface area (Å²) in [6.45, 7) is 6.56. The van der Waals surface area contributed by atoms with E-state index in [4.69, 9.17) is 15.0 Å². The van der Waals surface area contributed by atoms with Gasteiger partial charge in [0.15, 0.2) is 5.84 Å². The Kier molecular flexibility index (Phi) is 8.82. The molecule has 0 saturated heterocycles. The zero-order valence-electron chi connectivity index (χ0n) is 30.3. The van der Waals surface area contributed by atoms with Crippen molar-refractivity contribution in [2.75, 3.05) is 0 Å². The molecule has 1 heterocycles. The summed E-state index contributed by atoms with van der Waals surface area (Å²) in [4.78, 5) is 15.0. The van der Waals surface area contributed by atoms with Crippen LogP contribution in [-0.2, 0) is 12.8 Å². The second-order valence-electron chi connectivity index (χ2n) is 14.0. The van der Waals surface area contributed by atoms with Crippen molar-refractivity contribution in [2.45, 2.75) is 26.2 Å². The Morgan fingerprint density at radius 1 is 0.500 bits per heavy atom. The third-order valence-electron chi connectivity index (χ3n) is 10.6. The molecule has 0 bridgehead atoms. The van der Waals surface area contributed by atoms with Crippen LogP contribution in [-0.4, -0.2) is 17.8 Å². The van der Waals surface area contributed by atoms with Gasteiger partial charge in [-0.2, -0.15) is 0 Å². The van der Waals surface area contributed by atoms with E-state index < -0.39 is 0 Å². The molecule has 0 spiro atoms. The summed E-state index contributed by atoms with van der Waals surface area (Å²) in [7, 11) is 0. The van der Waals surface area contributed by atoms with Gasteiger partial charge in [-0.1, -0.05) is 164 Å². The average molecular weight is 694 g/mol. The summed E-state index contributed by atoms with van der Waals surface area (Å²) in [5, 5.41) is 0. The number of aliphatic imine (C=N–C) groups is 3. The normalized spacial score (nSPS) is 13.3. The van der Waals surface area contributed by atoms with E-state index in [1.165, 1.54) is 50.1 Å². The number of aryl methyl sites for hydroxylation is 1. The van der Waals surface area contributed by atoms with Crippen molar-refractivity contribution in [1.82, 2.24) is 0 Å². The van der Waals surface area contributed by atoms with Crippen LogP contribution in [0.1, 0.15) is 46.7 Å². The highest BCUT2D eigenvalue weighted by atomic mass is 14.9. The van der Waals surface area contributed by atoms with E-state index in [1.807, 2.05) is 31.3 Å². The Labute approximate surface area is 317 Å². The van der Waals surface area contributed by atoms with E-state index in [9.17, 15) is 0 Å². The minimum Gasteiger partial charge on any atom is -0.260 e. The predicted octanol–water partition coefficient (Wildman–Crippen LogP) is 12.8. The van der Waals surface area contributed by atoms with Crippen LogP contribution in [0.15, 0.2) is 185 Å². The lowest BCUT2D eigenvalue weighted by Crippen LogP contribution is -2.04. The van der Waals surface area contributed by atoms with E-state index in [0.29, 0.717) is 11.5 Å². The Morgan fingerprint density at radius 3 is 1.80 bits per heavy atom. The Bertz CT molecular complexity index is 2640. The maximum Gasteiger partial charge on any atom is 0.160 e. The number of amidine groups is 1. The molecule has 2 aliphatic rings. The fraction of sp³-hybridized carbons (Fsp3) is 0.0784. The summed E-state index contributed by atoms with van der Waals surface area (Å²) >= 11 is 0. The molecular weight excluding hydrogens is 655 g/mol. The van der Waals surface area contributed by atoms with Crippen LogP contribution in [0.25, 0.3) is 50.2 Å². The molecule has 7 aromatic carbocycles. The SMILES string of the molecule is C=C(/N=C(\N=C(/C)c1ccc(-c2cccc3c2N=CCC3)cc1)c1ccccc1)c1ccc2c(c1)Cc1ccccc1-c1ccccc1-c1ccccc1-2. The Hall–Kier alpha value is -6.71. The maximum absolute atomic E-state index is 5.15. The maximum atomic E-state index is 5.15. The van der Waals surface area contributed by atoms with Gasteiger partial charge < -0.3 is 0 Å². The monoisotopic (exact) mass is 693 g/mol. The van der Waals surface area contributed by atoms with Gasteiger partial charge in [0, 0.05) is 23.1 Å². The van der Waals surface area contributed by atoms with E-state index >= 15 is 0 Å². The quantitative estimate of drug-likeness (QED) is 0.127. The van der Waals surface area contributed by atoms with Crippen LogP contribution in [0.4, 0.5) is 5.69 Å². The number of hydrogen-bond donors (Lipinski definition) is 0. The van der Waals surface area contributed by atoms with Gasteiger partial charge in [0.25, 0.3) is 0 Å². The molecule has 3 nitrogen and oxygen atoms in total. The molecule has 1 aliphatic heterocycles. The highest BCUT2D eigenvalue weighted by Gasteiger charge is 2.20. The summed E-state index contributed by atoms with van der Waals surface area (Å²) in [5.74, 6) is 0.628. The number of para-hydroxylation sites is 1. The van der Waals surface area contributed by atoms with Crippen LogP contribution in [0.5, 0.6) is 0 Å². The smallest absolute Gasteiger partial charge is 0.160 e. The molecule has 3 heteroatoms. The lowest BCUT2D eigenvalue weighted by atomic mass is 9.89.